The van der Waals surface area contributed by atoms with E-state index in [1.807, 2.05) is 6.07 Å². The molecule has 2 aromatic rings. The molecule has 0 heterocycles. The molecule has 2 rings (SSSR count). The van der Waals surface area contributed by atoms with Crippen LogP contribution in [0, 0.1) is 0 Å². The van der Waals surface area contributed by atoms with E-state index in [0.717, 1.165) is 0 Å². The number of sulfonamides is 1. The molecule has 1 atom stereocenters. The third-order valence-electron chi connectivity index (χ3n) is 3.92. The lowest BCUT2D eigenvalue weighted by molar-refractivity contribution is -0.126. The smallest absolute Gasteiger partial charge is 0.338 e. The lowest BCUT2D eigenvalue weighted by atomic mass is 10.2. The zero-order valence-electron chi connectivity index (χ0n) is 15.7. The van der Waals surface area contributed by atoms with Crippen LogP contribution in [0.15, 0.2) is 72.1 Å². The molecule has 7 nitrogen and oxygen atoms in total. The fourth-order valence-electron chi connectivity index (χ4n) is 2.35. The Balaban J connectivity index is 2.04. The fraction of sp³-hybridized carbons (Fsp3) is 0.200. The van der Waals surface area contributed by atoms with E-state index in [4.69, 9.17) is 4.74 Å². The molecule has 0 aliphatic carbocycles. The van der Waals surface area contributed by atoms with Crippen molar-refractivity contribution in [3.8, 4) is 0 Å². The molecule has 28 heavy (non-hydrogen) atoms. The molecule has 8 heteroatoms. The maximum atomic E-state index is 12.4. The molecule has 0 aliphatic rings. The molecule has 0 saturated heterocycles. The number of benzene rings is 2. The summed E-state index contributed by atoms with van der Waals surface area (Å²) in [6, 6.07) is 14.2. The number of rotatable bonds is 8. The van der Waals surface area contributed by atoms with Crippen LogP contribution in [-0.2, 0) is 19.6 Å². The van der Waals surface area contributed by atoms with Crippen LogP contribution in [-0.4, -0.2) is 40.0 Å². The van der Waals surface area contributed by atoms with Crippen LogP contribution in [0.1, 0.15) is 17.3 Å². The number of amides is 1. The number of para-hydroxylation sites is 1. The average Bonchev–Trinajstić information content (AvgIpc) is 2.71. The predicted molar refractivity (Wildman–Crippen MR) is 107 cm³/mol. The van der Waals surface area contributed by atoms with Gasteiger partial charge in [-0.1, -0.05) is 24.3 Å². The van der Waals surface area contributed by atoms with Gasteiger partial charge in [-0.05, 0) is 43.3 Å². The molecule has 0 unspecified atom stereocenters. The Labute approximate surface area is 164 Å². The minimum Gasteiger partial charge on any atom is -0.449 e. The number of carbonyl (C=O) groups excluding carboxylic acids is 2. The molecule has 148 valence electrons. The molecule has 2 aromatic carbocycles. The predicted octanol–water partition coefficient (Wildman–Crippen LogP) is 2.36. The molecule has 0 saturated carbocycles. The summed E-state index contributed by atoms with van der Waals surface area (Å²) in [5.74, 6) is -1.10. The average molecular weight is 402 g/mol. The van der Waals surface area contributed by atoms with Gasteiger partial charge in [0.05, 0.1) is 10.5 Å². The third-order valence-corrected chi connectivity index (χ3v) is 5.36. The summed E-state index contributed by atoms with van der Waals surface area (Å²) < 4.78 is 31.6. The van der Waals surface area contributed by atoms with Crippen LogP contribution in [0.2, 0.25) is 0 Å². The van der Waals surface area contributed by atoms with Gasteiger partial charge in [-0.15, -0.1) is 6.58 Å². The number of carbonyl (C=O) groups is 2. The minimum absolute atomic E-state index is 0.0128. The second kappa shape index (κ2) is 9.29. The summed E-state index contributed by atoms with van der Waals surface area (Å²) in [5.41, 5.74) is 0.821. The molecule has 0 radical (unpaired) electrons. The highest BCUT2D eigenvalue weighted by Crippen LogP contribution is 2.15. The zero-order valence-corrected chi connectivity index (χ0v) is 16.5. The van der Waals surface area contributed by atoms with Gasteiger partial charge in [-0.2, -0.15) is 0 Å². The lowest BCUT2D eigenvalue weighted by Crippen LogP contribution is -2.37. The van der Waals surface area contributed by atoms with Crippen LogP contribution in [0.25, 0.3) is 0 Å². The van der Waals surface area contributed by atoms with Crippen molar-refractivity contribution >= 4 is 27.6 Å². The molecular formula is C20H22N2O5S. The van der Waals surface area contributed by atoms with E-state index in [9.17, 15) is 18.0 Å². The van der Waals surface area contributed by atoms with Crippen molar-refractivity contribution in [3.05, 3.63) is 72.8 Å². The Kier molecular flexibility index (Phi) is 7.08. The second-order valence-corrected chi connectivity index (χ2v) is 7.71. The van der Waals surface area contributed by atoms with Crippen molar-refractivity contribution in [1.82, 2.24) is 4.72 Å². The summed E-state index contributed by atoms with van der Waals surface area (Å²) in [6.07, 6.45) is 0.420. The fourth-order valence-corrected chi connectivity index (χ4v) is 3.35. The van der Waals surface area contributed by atoms with Gasteiger partial charge in [0, 0.05) is 19.3 Å². The van der Waals surface area contributed by atoms with Crippen LogP contribution in [0.4, 0.5) is 5.69 Å². The van der Waals surface area contributed by atoms with Crippen molar-refractivity contribution in [2.45, 2.75) is 17.9 Å². The van der Waals surface area contributed by atoms with Gasteiger partial charge >= 0.3 is 5.97 Å². The van der Waals surface area contributed by atoms with E-state index >= 15 is 0 Å². The first kappa shape index (κ1) is 21.3. The first-order valence-corrected chi connectivity index (χ1v) is 9.99. The molecule has 1 amide bonds. The Morgan fingerprint density at radius 2 is 1.75 bits per heavy atom. The van der Waals surface area contributed by atoms with Crippen molar-refractivity contribution in [2.24, 2.45) is 0 Å². The van der Waals surface area contributed by atoms with E-state index in [0.29, 0.717) is 5.69 Å². The molecule has 0 fully saturated rings. The summed E-state index contributed by atoms with van der Waals surface area (Å²) in [4.78, 5) is 26.1. The highest BCUT2D eigenvalue weighted by Gasteiger charge is 2.23. The standard InChI is InChI=1S/C20H22N2O5S/c1-4-14-21-28(25,26)18-12-10-16(11-13-18)20(24)27-15(2)19(23)22(3)17-8-6-5-7-9-17/h4-13,15,21H,1,14H2,2-3H3/t15-/m1/s1. The van der Waals surface area contributed by atoms with Gasteiger partial charge in [0.15, 0.2) is 6.10 Å². The molecule has 1 N–H and O–H groups in total. The van der Waals surface area contributed by atoms with Crippen molar-refractivity contribution < 1.29 is 22.7 Å². The van der Waals surface area contributed by atoms with Crippen LogP contribution >= 0.6 is 0 Å². The number of hydrogen-bond acceptors (Lipinski definition) is 5. The van der Waals surface area contributed by atoms with Gasteiger partial charge in [-0.3, -0.25) is 4.79 Å². The van der Waals surface area contributed by atoms with Crippen LogP contribution < -0.4 is 9.62 Å². The number of anilines is 1. The number of likely N-dealkylation sites (N-methyl/N-ethyl adjacent to an activating group) is 1. The second-order valence-electron chi connectivity index (χ2n) is 5.95. The zero-order chi connectivity index (χ0) is 20.7. The molecule has 0 bridgehead atoms. The monoisotopic (exact) mass is 402 g/mol. The summed E-state index contributed by atoms with van der Waals surface area (Å²) >= 11 is 0. The van der Waals surface area contributed by atoms with Crippen LogP contribution in [0.3, 0.4) is 0 Å². The Hall–Kier alpha value is -2.97. The van der Waals surface area contributed by atoms with E-state index in [2.05, 4.69) is 11.3 Å². The Morgan fingerprint density at radius 1 is 1.14 bits per heavy atom. The third kappa shape index (κ3) is 5.28. The topological polar surface area (TPSA) is 92.8 Å². The van der Waals surface area contributed by atoms with E-state index < -0.39 is 22.1 Å². The number of nitrogens with one attached hydrogen (secondary N) is 1. The molecular weight excluding hydrogens is 380 g/mol. The number of nitrogens with zero attached hydrogens (tertiary/aromatic N) is 1. The normalized spacial score (nSPS) is 12.1. The molecule has 0 spiro atoms. The van der Waals surface area contributed by atoms with Gasteiger partial charge < -0.3 is 9.64 Å². The first-order valence-electron chi connectivity index (χ1n) is 8.50. The number of hydrogen-bond donors (Lipinski definition) is 1. The highest BCUT2D eigenvalue weighted by atomic mass is 32.2. The van der Waals surface area contributed by atoms with E-state index in [1.165, 1.54) is 42.2 Å². The highest BCUT2D eigenvalue weighted by molar-refractivity contribution is 7.89. The summed E-state index contributed by atoms with van der Waals surface area (Å²) in [6.45, 7) is 5.03. The van der Waals surface area contributed by atoms with Gasteiger partial charge in [0.25, 0.3) is 5.91 Å². The van der Waals surface area contributed by atoms with Crippen LogP contribution in [0.5, 0.6) is 0 Å². The maximum absolute atomic E-state index is 12.4. The van der Waals surface area contributed by atoms with Crippen molar-refractivity contribution in [3.63, 3.8) is 0 Å². The van der Waals surface area contributed by atoms with Gasteiger partial charge in [-0.25, -0.2) is 17.9 Å². The minimum atomic E-state index is -3.68. The molecule has 0 aromatic heterocycles. The lowest BCUT2D eigenvalue weighted by Gasteiger charge is -2.21. The van der Waals surface area contributed by atoms with E-state index in [1.54, 1.807) is 31.3 Å². The maximum Gasteiger partial charge on any atom is 0.338 e. The number of esters is 1. The Bertz CT molecular complexity index is 940. The molecule has 0 aliphatic heterocycles. The summed E-state index contributed by atoms with van der Waals surface area (Å²) in [5, 5.41) is 0. The largest absolute Gasteiger partial charge is 0.449 e. The van der Waals surface area contributed by atoms with E-state index in [-0.39, 0.29) is 22.9 Å². The Morgan fingerprint density at radius 3 is 2.32 bits per heavy atom. The van der Waals surface area contributed by atoms with Crippen molar-refractivity contribution in [2.75, 3.05) is 18.5 Å². The van der Waals surface area contributed by atoms with Gasteiger partial charge in [0.2, 0.25) is 10.0 Å². The first-order chi connectivity index (χ1) is 13.3. The van der Waals surface area contributed by atoms with Crippen molar-refractivity contribution in [1.29, 1.82) is 0 Å². The SMILES string of the molecule is C=CCNS(=O)(=O)c1ccc(C(=O)O[C@H](C)C(=O)N(C)c2ccccc2)cc1. The summed E-state index contributed by atoms with van der Waals surface area (Å²) in [7, 11) is -2.08. The number of ether oxygens (including phenoxy) is 1. The van der Waals surface area contributed by atoms with Gasteiger partial charge in [0.1, 0.15) is 0 Å². The quantitative estimate of drug-likeness (QED) is 0.540.